The summed E-state index contributed by atoms with van der Waals surface area (Å²) in [6.07, 6.45) is 1.79. The van der Waals surface area contributed by atoms with Crippen molar-refractivity contribution in [3.63, 3.8) is 0 Å². The summed E-state index contributed by atoms with van der Waals surface area (Å²) in [6, 6.07) is 10.0. The molecule has 0 spiro atoms. The van der Waals surface area contributed by atoms with Gasteiger partial charge in [0.25, 0.3) is 5.91 Å². The lowest BCUT2D eigenvalue weighted by Crippen LogP contribution is -2.32. The number of hydrogen-bond donors (Lipinski definition) is 2. The normalized spacial score (nSPS) is 10.2. The molecule has 2 rings (SSSR count). The van der Waals surface area contributed by atoms with Crippen molar-refractivity contribution in [3.8, 4) is 0 Å². The molecule has 0 saturated carbocycles. The zero-order valence-corrected chi connectivity index (χ0v) is 15.7. The monoisotopic (exact) mass is 374 g/mol. The van der Waals surface area contributed by atoms with Crippen LogP contribution in [0.1, 0.15) is 44.7 Å². The SMILES string of the molecule is CCCCOC(=O)c1ccc(NC(=O)CNC(=O)c2ccc(C)s2)cc1. The van der Waals surface area contributed by atoms with Gasteiger partial charge in [-0.15, -0.1) is 11.3 Å². The molecule has 0 atom stereocenters. The van der Waals surface area contributed by atoms with Crippen molar-refractivity contribution in [1.82, 2.24) is 5.32 Å². The topological polar surface area (TPSA) is 84.5 Å². The number of rotatable bonds is 8. The lowest BCUT2D eigenvalue weighted by molar-refractivity contribution is -0.115. The maximum atomic E-state index is 11.9. The molecule has 2 amide bonds. The van der Waals surface area contributed by atoms with Gasteiger partial charge in [0.15, 0.2) is 0 Å². The highest BCUT2D eigenvalue weighted by atomic mass is 32.1. The van der Waals surface area contributed by atoms with Crippen LogP contribution in [-0.4, -0.2) is 30.9 Å². The van der Waals surface area contributed by atoms with Gasteiger partial charge in [0.1, 0.15) is 0 Å². The summed E-state index contributed by atoms with van der Waals surface area (Å²) >= 11 is 1.38. The fourth-order valence-electron chi connectivity index (χ4n) is 2.09. The summed E-state index contributed by atoms with van der Waals surface area (Å²) in [5.41, 5.74) is 0.974. The zero-order valence-electron chi connectivity index (χ0n) is 14.8. The van der Waals surface area contributed by atoms with Crippen molar-refractivity contribution < 1.29 is 19.1 Å². The van der Waals surface area contributed by atoms with E-state index < -0.39 is 0 Å². The van der Waals surface area contributed by atoms with Crippen molar-refractivity contribution in [2.45, 2.75) is 26.7 Å². The molecule has 0 aliphatic rings. The van der Waals surface area contributed by atoms with Crippen LogP contribution < -0.4 is 10.6 Å². The molecule has 2 aromatic rings. The Morgan fingerprint density at radius 3 is 2.42 bits per heavy atom. The zero-order chi connectivity index (χ0) is 18.9. The molecular formula is C19H22N2O4S. The average Bonchev–Trinajstić information content (AvgIpc) is 3.07. The predicted molar refractivity (Wildman–Crippen MR) is 102 cm³/mol. The molecule has 1 aromatic heterocycles. The van der Waals surface area contributed by atoms with Crippen LogP contribution in [0.25, 0.3) is 0 Å². The largest absolute Gasteiger partial charge is 0.462 e. The third-order valence-electron chi connectivity index (χ3n) is 3.51. The molecule has 0 fully saturated rings. The molecule has 0 aliphatic heterocycles. The molecule has 7 heteroatoms. The van der Waals surface area contributed by atoms with E-state index in [1.807, 2.05) is 19.9 Å². The van der Waals surface area contributed by atoms with E-state index in [0.29, 0.717) is 22.7 Å². The first-order valence-corrected chi connectivity index (χ1v) is 9.23. The van der Waals surface area contributed by atoms with Gasteiger partial charge in [-0.1, -0.05) is 13.3 Å². The first-order chi connectivity index (χ1) is 12.5. The van der Waals surface area contributed by atoms with Gasteiger partial charge in [0.05, 0.1) is 23.6 Å². The summed E-state index contributed by atoms with van der Waals surface area (Å²) in [7, 11) is 0. The Balaban J connectivity index is 1.79. The van der Waals surface area contributed by atoms with Crippen molar-refractivity contribution in [2.24, 2.45) is 0 Å². The van der Waals surface area contributed by atoms with E-state index >= 15 is 0 Å². The minimum absolute atomic E-state index is 0.128. The van der Waals surface area contributed by atoms with Gasteiger partial charge in [0.2, 0.25) is 5.91 Å². The summed E-state index contributed by atoms with van der Waals surface area (Å²) in [4.78, 5) is 37.3. The Labute approximate surface area is 156 Å². The fourth-order valence-corrected chi connectivity index (χ4v) is 2.88. The summed E-state index contributed by atoms with van der Waals surface area (Å²) in [5, 5.41) is 5.25. The van der Waals surface area contributed by atoms with Gasteiger partial charge in [-0.05, 0) is 49.7 Å². The quantitative estimate of drug-likeness (QED) is 0.548. The van der Waals surface area contributed by atoms with Gasteiger partial charge in [-0.3, -0.25) is 9.59 Å². The summed E-state index contributed by atoms with van der Waals surface area (Å²) in [6.45, 7) is 4.21. The molecular weight excluding hydrogens is 352 g/mol. The fraction of sp³-hybridized carbons (Fsp3) is 0.316. The highest BCUT2D eigenvalue weighted by Crippen LogP contribution is 2.14. The highest BCUT2D eigenvalue weighted by Gasteiger charge is 2.11. The maximum absolute atomic E-state index is 11.9. The van der Waals surface area contributed by atoms with E-state index in [1.54, 1.807) is 30.3 Å². The molecule has 0 saturated heterocycles. The third kappa shape index (κ3) is 6.00. The van der Waals surface area contributed by atoms with Crippen LogP contribution in [0.4, 0.5) is 5.69 Å². The molecule has 6 nitrogen and oxygen atoms in total. The number of ether oxygens (including phenoxy) is 1. The number of nitrogens with one attached hydrogen (secondary N) is 2. The van der Waals surface area contributed by atoms with Crippen molar-refractivity contribution in [1.29, 1.82) is 0 Å². The second kappa shape index (κ2) is 9.72. The number of benzene rings is 1. The molecule has 26 heavy (non-hydrogen) atoms. The molecule has 1 heterocycles. The lowest BCUT2D eigenvalue weighted by Gasteiger charge is -2.08. The molecule has 138 valence electrons. The number of anilines is 1. The summed E-state index contributed by atoms with van der Waals surface area (Å²) < 4.78 is 5.13. The Morgan fingerprint density at radius 2 is 1.81 bits per heavy atom. The van der Waals surface area contributed by atoms with Gasteiger partial charge >= 0.3 is 5.97 Å². The van der Waals surface area contributed by atoms with Crippen LogP contribution in [0.3, 0.4) is 0 Å². The van der Waals surface area contributed by atoms with Gasteiger partial charge in [0, 0.05) is 10.6 Å². The van der Waals surface area contributed by atoms with E-state index in [-0.39, 0.29) is 24.3 Å². The standard InChI is InChI=1S/C19H22N2O4S/c1-3-4-11-25-19(24)14-6-8-15(9-7-14)21-17(22)12-20-18(23)16-10-5-13(2)26-16/h5-10H,3-4,11-12H2,1-2H3,(H,20,23)(H,21,22). The number of thiophene rings is 1. The maximum Gasteiger partial charge on any atom is 0.338 e. The molecule has 0 bridgehead atoms. The van der Waals surface area contributed by atoms with Crippen LogP contribution in [0.15, 0.2) is 36.4 Å². The van der Waals surface area contributed by atoms with Gasteiger partial charge < -0.3 is 15.4 Å². The number of hydrogen-bond acceptors (Lipinski definition) is 5. The van der Waals surface area contributed by atoms with Gasteiger partial charge in [-0.2, -0.15) is 0 Å². The first kappa shape index (κ1) is 19.7. The summed E-state index contributed by atoms with van der Waals surface area (Å²) in [5.74, 6) is -0.997. The second-order valence-corrected chi connectivity index (χ2v) is 7.00. The first-order valence-electron chi connectivity index (χ1n) is 8.41. The Morgan fingerprint density at radius 1 is 1.08 bits per heavy atom. The number of carbonyl (C=O) groups is 3. The Kier molecular flexibility index (Phi) is 7.35. The Bertz CT molecular complexity index is 768. The van der Waals surface area contributed by atoms with Gasteiger partial charge in [-0.25, -0.2) is 4.79 Å². The number of carbonyl (C=O) groups excluding carboxylic acids is 3. The number of amides is 2. The van der Waals surface area contributed by atoms with Crippen molar-refractivity contribution >= 4 is 34.8 Å². The molecule has 2 N–H and O–H groups in total. The number of esters is 1. The van der Waals surface area contributed by atoms with Crippen LogP contribution in [-0.2, 0) is 9.53 Å². The second-order valence-electron chi connectivity index (χ2n) is 5.71. The van der Waals surface area contributed by atoms with Crippen LogP contribution in [0, 0.1) is 6.92 Å². The predicted octanol–water partition coefficient (Wildman–Crippen LogP) is 3.38. The van der Waals surface area contributed by atoms with E-state index in [0.717, 1.165) is 17.7 Å². The lowest BCUT2D eigenvalue weighted by atomic mass is 10.2. The van der Waals surface area contributed by atoms with Crippen molar-refractivity contribution in [3.05, 3.63) is 51.7 Å². The van der Waals surface area contributed by atoms with E-state index in [9.17, 15) is 14.4 Å². The molecule has 0 unspecified atom stereocenters. The minimum Gasteiger partial charge on any atom is -0.462 e. The number of aryl methyl sites for hydroxylation is 1. The molecule has 0 radical (unpaired) electrons. The Hall–Kier alpha value is -2.67. The minimum atomic E-state index is -0.380. The number of unbranched alkanes of at least 4 members (excludes halogenated alkanes) is 1. The van der Waals surface area contributed by atoms with Crippen LogP contribution in [0.2, 0.25) is 0 Å². The highest BCUT2D eigenvalue weighted by molar-refractivity contribution is 7.13. The van der Waals surface area contributed by atoms with E-state index in [1.165, 1.54) is 11.3 Å². The van der Waals surface area contributed by atoms with E-state index in [2.05, 4.69) is 10.6 Å². The van der Waals surface area contributed by atoms with E-state index in [4.69, 9.17) is 4.74 Å². The van der Waals surface area contributed by atoms with Crippen LogP contribution in [0.5, 0.6) is 0 Å². The average molecular weight is 374 g/mol. The molecule has 1 aromatic carbocycles. The van der Waals surface area contributed by atoms with Crippen molar-refractivity contribution in [2.75, 3.05) is 18.5 Å². The molecule has 0 aliphatic carbocycles. The smallest absolute Gasteiger partial charge is 0.338 e. The third-order valence-corrected chi connectivity index (χ3v) is 4.51. The van der Waals surface area contributed by atoms with Crippen LogP contribution >= 0.6 is 11.3 Å².